The summed E-state index contributed by atoms with van der Waals surface area (Å²) < 4.78 is 0. The van der Waals surface area contributed by atoms with Gasteiger partial charge < -0.3 is 16.4 Å². The fraction of sp³-hybridized carbons (Fsp3) is 0.300. The third-order valence-corrected chi connectivity index (χ3v) is 4.22. The molecule has 2 rings (SSSR count). The van der Waals surface area contributed by atoms with Crippen LogP contribution in [0.15, 0.2) is 48.5 Å². The van der Waals surface area contributed by atoms with Gasteiger partial charge in [0, 0.05) is 23.8 Å². The number of anilines is 1. The number of hydrogen-bond donors (Lipinski definition) is 3. The zero-order valence-electron chi connectivity index (χ0n) is 14.9. The van der Waals surface area contributed by atoms with E-state index in [0.717, 1.165) is 11.1 Å². The summed E-state index contributed by atoms with van der Waals surface area (Å²) in [5.74, 6) is -0.655. The van der Waals surface area contributed by atoms with E-state index in [1.165, 1.54) is 0 Å². The van der Waals surface area contributed by atoms with Gasteiger partial charge >= 0.3 is 0 Å². The lowest BCUT2D eigenvalue weighted by Gasteiger charge is -2.20. The molecule has 2 unspecified atom stereocenters. The van der Waals surface area contributed by atoms with E-state index in [1.54, 1.807) is 18.2 Å². The molecular weight excluding hydrogens is 314 g/mol. The van der Waals surface area contributed by atoms with Gasteiger partial charge in [-0.05, 0) is 43.2 Å². The quantitative estimate of drug-likeness (QED) is 0.756. The molecule has 2 aromatic rings. The van der Waals surface area contributed by atoms with Gasteiger partial charge in [0.2, 0.25) is 5.91 Å². The lowest BCUT2D eigenvalue weighted by molar-refractivity contribution is -0.120. The largest absolute Gasteiger partial charge is 0.352 e. The van der Waals surface area contributed by atoms with E-state index in [-0.39, 0.29) is 23.8 Å². The number of aryl methyl sites for hydroxylation is 1. The molecule has 0 aliphatic rings. The SMILES string of the molecule is CCNC(=O)c1ccc(NC(=O)C(C)C(N)c2ccccc2)c(C)c1. The molecule has 0 heterocycles. The summed E-state index contributed by atoms with van der Waals surface area (Å²) in [6.45, 7) is 6.12. The summed E-state index contributed by atoms with van der Waals surface area (Å²) in [5.41, 5.74) is 9.23. The van der Waals surface area contributed by atoms with Gasteiger partial charge in [-0.2, -0.15) is 0 Å². The molecule has 25 heavy (non-hydrogen) atoms. The van der Waals surface area contributed by atoms with Crippen molar-refractivity contribution in [3.8, 4) is 0 Å². The Hall–Kier alpha value is -2.66. The van der Waals surface area contributed by atoms with Crippen LogP contribution >= 0.6 is 0 Å². The highest BCUT2D eigenvalue weighted by atomic mass is 16.2. The van der Waals surface area contributed by atoms with Gasteiger partial charge in [0.15, 0.2) is 0 Å². The maximum atomic E-state index is 12.5. The number of carbonyl (C=O) groups is 2. The highest BCUT2D eigenvalue weighted by molar-refractivity contribution is 5.97. The van der Waals surface area contributed by atoms with Crippen LogP contribution in [0.5, 0.6) is 0 Å². The molecule has 5 heteroatoms. The number of nitrogens with two attached hydrogens (primary N) is 1. The van der Waals surface area contributed by atoms with Crippen LogP contribution in [-0.2, 0) is 4.79 Å². The van der Waals surface area contributed by atoms with Gasteiger partial charge in [0.1, 0.15) is 0 Å². The van der Waals surface area contributed by atoms with Crippen molar-refractivity contribution in [3.63, 3.8) is 0 Å². The number of nitrogens with one attached hydrogen (secondary N) is 2. The molecule has 0 aliphatic carbocycles. The van der Waals surface area contributed by atoms with Gasteiger partial charge in [-0.25, -0.2) is 0 Å². The average molecular weight is 339 g/mol. The Morgan fingerprint density at radius 3 is 2.40 bits per heavy atom. The maximum Gasteiger partial charge on any atom is 0.251 e. The molecule has 2 atom stereocenters. The van der Waals surface area contributed by atoms with Crippen molar-refractivity contribution in [1.82, 2.24) is 5.32 Å². The van der Waals surface area contributed by atoms with Gasteiger partial charge in [-0.15, -0.1) is 0 Å². The zero-order chi connectivity index (χ0) is 18.4. The van der Waals surface area contributed by atoms with Crippen LogP contribution in [0.2, 0.25) is 0 Å². The normalized spacial score (nSPS) is 13.0. The van der Waals surface area contributed by atoms with E-state index in [2.05, 4.69) is 10.6 Å². The van der Waals surface area contributed by atoms with Crippen LogP contribution in [0.4, 0.5) is 5.69 Å². The maximum absolute atomic E-state index is 12.5. The molecule has 0 spiro atoms. The Morgan fingerprint density at radius 1 is 1.12 bits per heavy atom. The Balaban J connectivity index is 2.08. The van der Waals surface area contributed by atoms with Crippen molar-refractivity contribution in [2.45, 2.75) is 26.8 Å². The summed E-state index contributed by atoms with van der Waals surface area (Å²) in [7, 11) is 0. The van der Waals surface area contributed by atoms with Crippen molar-refractivity contribution < 1.29 is 9.59 Å². The lowest BCUT2D eigenvalue weighted by atomic mass is 9.94. The van der Waals surface area contributed by atoms with Crippen LogP contribution in [0.3, 0.4) is 0 Å². The molecule has 132 valence electrons. The molecule has 0 fully saturated rings. The Morgan fingerprint density at radius 2 is 1.80 bits per heavy atom. The van der Waals surface area contributed by atoms with Crippen LogP contribution in [0.25, 0.3) is 0 Å². The second kappa shape index (κ2) is 8.44. The molecule has 2 amide bonds. The molecule has 0 saturated heterocycles. The van der Waals surface area contributed by atoms with Crippen molar-refractivity contribution in [2.24, 2.45) is 11.7 Å². The first kappa shape index (κ1) is 18.7. The predicted molar refractivity (Wildman–Crippen MR) is 100 cm³/mol. The molecular formula is C20H25N3O2. The fourth-order valence-corrected chi connectivity index (χ4v) is 2.58. The number of rotatable bonds is 6. The number of carbonyl (C=O) groups excluding carboxylic acids is 2. The summed E-state index contributed by atoms with van der Waals surface area (Å²) in [5, 5.41) is 5.67. The van der Waals surface area contributed by atoms with Gasteiger partial charge in [-0.1, -0.05) is 37.3 Å². The van der Waals surface area contributed by atoms with Gasteiger partial charge in [0.25, 0.3) is 5.91 Å². The van der Waals surface area contributed by atoms with Crippen molar-refractivity contribution in [2.75, 3.05) is 11.9 Å². The standard InChI is InChI=1S/C20H25N3O2/c1-4-22-20(25)16-10-11-17(13(2)12-16)23-19(24)14(3)18(21)15-8-6-5-7-9-15/h5-12,14,18H,4,21H2,1-3H3,(H,22,25)(H,23,24). The Labute approximate surface area is 148 Å². The highest BCUT2D eigenvalue weighted by Crippen LogP contribution is 2.22. The van der Waals surface area contributed by atoms with Crippen molar-refractivity contribution >= 4 is 17.5 Å². The Kier molecular flexibility index (Phi) is 6.31. The Bertz CT molecular complexity index is 744. The summed E-state index contributed by atoms with van der Waals surface area (Å²) in [6, 6.07) is 14.4. The molecule has 0 saturated carbocycles. The number of amides is 2. The highest BCUT2D eigenvalue weighted by Gasteiger charge is 2.22. The second-order valence-electron chi connectivity index (χ2n) is 6.10. The molecule has 2 aromatic carbocycles. The second-order valence-corrected chi connectivity index (χ2v) is 6.10. The molecule has 5 nitrogen and oxygen atoms in total. The average Bonchev–Trinajstić information content (AvgIpc) is 2.63. The summed E-state index contributed by atoms with van der Waals surface area (Å²) in [6.07, 6.45) is 0. The minimum atomic E-state index is -0.384. The molecule has 4 N–H and O–H groups in total. The van der Waals surface area contributed by atoms with Gasteiger partial charge in [-0.3, -0.25) is 9.59 Å². The van der Waals surface area contributed by atoms with Gasteiger partial charge in [0.05, 0.1) is 5.92 Å². The molecule has 0 radical (unpaired) electrons. The van der Waals surface area contributed by atoms with Crippen LogP contribution in [0, 0.1) is 12.8 Å². The van der Waals surface area contributed by atoms with E-state index < -0.39 is 0 Å². The van der Waals surface area contributed by atoms with E-state index in [4.69, 9.17) is 5.73 Å². The molecule has 0 bridgehead atoms. The number of benzene rings is 2. The predicted octanol–water partition coefficient (Wildman–Crippen LogP) is 3.02. The smallest absolute Gasteiger partial charge is 0.251 e. The van der Waals surface area contributed by atoms with Crippen LogP contribution in [-0.4, -0.2) is 18.4 Å². The van der Waals surface area contributed by atoms with Crippen molar-refractivity contribution in [1.29, 1.82) is 0 Å². The first-order valence-electron chi connectivity index (χ1n) is 8.44. The minimum Gasteiger partial charge on any atom is -0.352 e. The summed E-state index contributed by atoms with van der Waals surface area (Å²) >= 11 is 0. The van der Waals surface area contributed by atoms with E-state index in [1.807, 2.05) is 51.1 Å². The third-order valence-electron chi connectivity index (χ3n) is 4.22. The van der Waals surface area contributed by atoms with E-state index in [9.17, 15) is 9.59 Å². The fourth-order valence-electron chi connectivity index (χ4n) is 2.58. The molecule has 0 aromatic heterocycles. The number of hydrogen-bond acceptors (Lipinski definition) is 3. The first-order valence-corrected chi connectivity index (χ1v) is 8.44. The van der Waals surface area contributed by atoms with E-state index >= 15 is 0 Å². The summed E-state index contributed by atoms with van der Waals surface area (Å²) in [4.78, 5) is 24.4. The van der Waals surface area contributed by atoms with Crippen molar-refractivity contribution in [3.05, 3.63) is 65.2 Å². The van der Waals surface area contributed by atoms with Crippen LogP contribution < -0.4 is 16.4 Å². The lowest BCUT2D eigenvalue weighted by Crippen LogP contribution is -2.30. The third kappa shape index (κ3) is 4.67. The monoisotopic (exact) mass is 339 g/mol. The zero-order valence-corrected chi connectivity index (χ0v) is 14.9. The minimum absolute atomic E-state index is 0.122. The molecule has 0 aliphatic heterocycles. The topological polar surface area (TPSA) is 84.2 Å². The van der Waals surface area contributed by atoms with E-state index in [0.29, 0.717) is 17.8 Å². The first-order chi connectivity index (χ1) is 11.9. The van der Waals surface area contributed by atoms with Crippen LogP contribution in [0.1, 0.15) is 41.4 Å².